The maximum absolute atomic E-state index is 14.9. The van der Waals surface area contributed by atoms with E-state index in [4.69, 9.17) is 16.3 Å². The molecule has 1 N–H and O–H groups in total. The summed E-state index contributed by atoms with van der Waals surface area (Å²) in [6.07, 6.45) is 3.99. The lowest BCUT2D eigenvalue weighted by Crippen LogP contribution is -2.59. The first kappa shape index (κ1) is 31.0. The molecular formula is C34H40ClN3O5. The van der Waals surface area contributed by atoms with Gasteiger partial charge in [-0.3, -0.25) is 14.4 Å². The van der Waals surface area contributed by atoms with Gasteiger partial charge in [-0.05, 0) is 43.4 Å². The number of hydrogen-bond acceptors (Lipinski definition) is 5. The van der Waals surface area contributed by atoms with Crippen LogP contribution < -0.4 is 4.90 Å². The summed E-state index contributed by atoms with van der Waals surface area (Å²) in [7, 11) is 1.69. The highest BCUT2D eigenvalue weighted by molar-refractivity contribution is 6.34. The summed E-state index contributed by atoms with van der Waals surface area (Å²) in [5.74, 6) is -2.79. The Morgan fingerprint density at radius 3 is 2.40 bits per heavy atom. The van der Waals surface area contributed by atoms with Crippen LogP contribution in [0.1, 0.15) is 25.8 Å². The van der Waals surface area contributed by atoms with Crippen LogP contribution in [-0.4, -0.2) is 82.7 Å². The van der Waals surface area contributed by atoms with E-state index in [1.165, 1.54) is 9.80 Å². The Bertz CT molecular complexity index is 1420. The van der Waals surface area contributed by atoms with Gasteiger partial charge in [-0.2, -0.15) is 0 Å². The number of nitrogens with zero attached hydrogens (tertiary/aromatic N) is 3. The van der Waals surface area contributed by atoms with Gasteiger partial charge in [-0.15, -0.1) is 13.2 Å². The van der Waals surface area contributed by atoms with Gasteiger partial charge in [-0.25, -0.2) is 0 Å². The lowest BCUT2D eigenvalue weighted by atomic mass is 9.62. The van der Waals surface area contributed by atoms with Crippen molar-refractivity contribution in [1.82, 2.24) is 9.80 Å². The Balaban J connectivity index is 1.67. The molecule has 3 heterocycles. The quantitative estimate of drug-likeness (QED) is 0.389. The third-order valence-corrected chi connectivity index (χ3v) is 9.99. The standard InChI is InChI=1S/C34H40ClN3O5/c1-6-17-36(5)30(40)27-28-31(41)38(24(21-39)19-23-13-9-8-10-14-23)29(34(28)20-22(3)33(27,4)43-34)32(42)37(18-7-2)26-16-12-11-15-25(26)35/h6-16,22,24,27-29,39H,1-2,17-21H2,3-5H3/t22?,24-,27+,28+,29?,33-,34?/m1/s1. The molecule has 1 spiro atoms. The van der Waals surface area contributed by atoms with Crippen molar-refractivity contribution in [2.45, 2.75) is 50.0 Å². The first-order valence-corrected chi connectivity index (χ1v) is 15.1. The number of ether oxygens (including phenoxy) is 1. The second-order valence-electron chi connectivity index (χ2n) is 12.2. The zero-order valence-electron chi connectivity index (χ0n) is 25.0. The van der Waals surface area contributed by atoms with Gasteiger partial charge in [0.25, 0.3) is 5.91 Å². The molecule has 3 aliphatic heterocycles. The molecule has 0 aromatic heterocycles. The number of anilines is 1. The fourth-order valence-corrected chi connectivity index (χ4v) is 7.88. The average molecular weight is 606 g/mol. The van der Waals surface area contributed by atoms with Crippen molar-refractivity contribution in [3.63, 3.8) is 0 Å². The van der Waals surface area contributed by atoms with E-state index in [2.05, 4.69) is 13.2 Å². The van der Waals surface area contributed by atoms with Gasteiger partial charge >= 0.3 is 0 Å². The normalized spacial score (nSPS) is 29.7. The van der Waals surface area contributed by atoms with E-state index >= 15 is 0 Å². The number of carbonyl (C=O) groups is 3. The minimum absolute atomic E-state index is 0.118. The topological polar surface area (TPSA) is 90.4 Å². The molecule has 2 bridgehead atoms. The lowest BCUT2D eigenvalue weighted by molar-refractivity contribution is -0.153. The number of benzene rings is 2. The van der Waals surface area contributed by atoms with E-state index in [0.29, 0.717) is 30.1 Å². The summed E-state index contributed by atoms with van der Waals surface area (Å²) in [5.41, 5.74) is -0.843. The molecule has 3 saturated heterocycles. The molecule has 2 aromatic rings. The van der Waals surface area contributed by atoms with E-state index < -0.39 is 35.1 Å². The number of likely N-dealkylation sites (N-methyl/N-ethyl adjacent to an activating group) is 1. The van der Waals surface area contributed by atoms with E-state index in [-0.39, 0.29) is 36.8 Å². The first-order chi connectivity index (χ1) is 20.5. The molecule has 3 fully saturated rings. The molecule has 0 aliphatic carbocycles. The molecule has 2 aromatic carbocycles. The number of fused-ring (bicyclic) bond motifs is 1. The first-order valence-electron chi connectivity index (χ1n) is 14.8. The molecule has 5 rings (SSSR count). The van der Waals surface area contributed by atoms with Crippen LogP contribution in [0.4, 0.5) is 5.69 Å². The number of hydrogen-bond donors (Lipinski definition) is 1. The second-order valence-corrected chi connectivity index (χ2v) is 12.6. The van der Waals surface area contributed by atoms with Crippen molar-refractivity contribution in [1.29, 1.82) is 0 Å². The van der Waals surface area contributed by atoms with Gasteiger partial charge in [0.15, 0.2) is 0 Å². The molecule has 228 valence electrons. The number of aliphatic hydroxyl groups excluding tert-OH is 1. The number of amides is 3. The number of halogens is 1. The van der Waals surface area contributed by atoms with Gasteiger partial charge in [-0.1, -0.05) is 73.1 Å². The smallest absolute Gasteiger partial charge is 0.253 e. The maximum Gasteiger partial charge on any atom is 0.253 e. The molecule has 3 unspecified atom stereocenters. The van der Waals surface area contributed by atoms with E-state index in [9.17, 15) is 19.5 Å². The molecule has 7 atom stereocenters. The Kier molecular flexibility index (Phi) is 8.58. The van der Waals surface area contributed by atoms with E-state index in [1.54, 1.807) is 48.4 Å². The van der Waals surface area contributed by atoms with Crippen LogP contribution in [0.25, 0.3) is 0 Å². The molecule has 0 radical (unpaired) electrons. The van der Waals surface area contributed by atoms with Crippen LogP contribution in [0.2, 0.25) is 5.02 Å². The number of rotatable bonds is 11. The van der Waals surface area contributed by atoms with Gasteiger partial charge in [0.05, 0.1) is 40.8 Å². The van der Waals surface area contributed by atoms with Crippen LogP contribution in [0.5, 0.6) is 0 Å². The highest BCUT2D eigenvalue weighted by atomic mass is 35.5. The van der Waals surface area contributed by atoms with Gasteiger partial charge in [0.2, 0.25) is 11.8 Å². The van der Waals surface area contributed by atoms with E-state index in [0.717, 1.165) is 5.56 Å². The van der Waals surface area contributed by atoms with Crippen molar-refractivity contribution in [2.75, 3.05) is 31.6 Å². The Labute approximate surface area is 258 Å². The van der Waals surface area contributed by atoms with Crippen molar-refractivity contribution in [3.8, 4) is 0 Å². The van der Waals surface area contributed by atoms with Crippen LogP contribution in [0.3, 0.4) is 0 Å². The zero-order chi connectivity index (χ0) is 31.1. The average Bonchev–Trinajstić information content (AvgIpc) is 3.51. The Morgan fingerprint density at radius 1 is 1.12 bits per heavy atom. The molecule has 43 heavy (non-hydrogen) atoms. The van der Waals surface area contributed by atoms with Crippen molar-refractivity contribution in [3.05, 3.63) is 90.5 Å². The fraction of sp³-hybridized carbons (Fsp3) is 0.441. The third-order valence-electron chi connectivity index (χ3n) is 9.67. The monoisotopic (exact) mass is 605 g/mol. The van der Waals surface area contributed by atoms with Crippen molar-refractivity contribution >= 4 is 35.0 Å². The van der Waals surface area contributed by atoms with Crippen molar-refractivity contribution < 1.29 is 24.2 Å². The van der Waals surface area contributed by atoms with Crippen molar-refractivity contribution in [2.24, 2.45) is 17.8 Å². The minimum Gasteiger partial charge on any atom is -0.394 e. The van der Waals surface area contributed by atoms with Crippen LogP contribution in [0.15, 0.2) is 79.9 Å². The fourth-order valence-electron chi connectivity index (χ4n) is 7.64. The number of likely N-dealkylation sites (tertiary alicyclic amines) is 1. The SMILES string of the molecule is C=CCN(C)C(=O)[C@@H]1[C@H]2C(=O)N([C@@H](CO)Cc3ccccc3)C(C(=O)N(CC=C)c3ccccc3Cl)C23CC(C)[C@@]1(C)O3. The van der Waals surface area contributed by atoms with Gasteiger partial charge in [0, 0.05) is 20.1 Å². The van der Waals surface area contributed by atoms with Gasteiger partial charge < -0.3 is 24.5 Å². The largest absolute Gasteiger partial charge is 0.394 e. The molecule has 8 nitrogen and oxygen atoms in total. The zero-order valence-corrected chi connectivity index (χ0v) is 25.7. The van der Waals surface area contributed by atoms with Crippen LogP contribution in [-0.2, 0) is 25.5 Å². The Morgan fingerprint density at radius 2 is 1.77 bits per heavy atom. The highest BCUT2D eigenvalue weighted by Crippen LogP contribution is 2.66. The minimum atomic E-state index is -1.28. The molecular weight excluding hydrogens is 566 g/mol. The number of aliphatic hydroxyl groups is 1. The number of carbonyl (C=O) groups excluding carboxylic acids is 3. The molecule has 3 amide bonds. The predicted octanol–water partition coefficient (Wildman–Crippen LogP) is 4.12. The molecule has 9 heteroatoms. The molecule has 3 aliphatic rings. The van der Waals surface area contributed by atoms with E-state index in [1.807, 2.05) is 44.2 Å². The summed E-state index contributed by atoms with van der Waals surface area (Å²) >= 11 is 6.59. The maximum atomic E-state index is 14.9. The summed E-state index contributed by atoms with van der Waals surface area (Å²) in [4.78, 5) is 48.3. The Hall–Kier alpha value is -3.46. The highest BCUT2D eigenvalue weighted by Gasteiger charge is 2.80. The van der Waals surface area contributed by atoms with Crippen LogP contribution >= 0.6 is 11.6 Å². The number of para-hydroxylation sites is 1. The summed E-state index contributed by atoms with van der Waals surface area (Å²) < 4.78 is 6.90. The second kappa shape index (κ2) is 11.9. The molecule has 0 saturated carbocycles. The lowest BCUT2D eigenvalue weighted by Gasteiger charge is -2.39. The van der Waals surface area contributed by atoms with Gasteiger partial charge in [0.1, 0.15) is 11.6 Å². The predicted molar refractivity (Wildman–Crippen MR) is 166 cm³/mol. The third kappa shape index (κ3) is 4.89. The summed E-state index contributed by atoms with van der Waals surface area (Å²) in [5, 5.41) is 11.1. The summed E-state index contributed by atoms with van der Waals surface area (Å²) in [6, 6.07) is 14.7. The van der Waals surface area contributed by atoms with Crippen LogP contribution in [0, 0.1) is 17.8 Å². The summed E-state index contributed by atoms with van der Waals surface area (Å²) in [6.45, 7) is 11.6.